The van der Waals surface area contributed by atoms with Gasteiger partial charge < -0.3 is 18.9 Å². The van der Waals surface area contributed by atoms with E-state index in [1.54, 1.807) is 35.7 Å². The molecule has 4 rings (SSSR count). The molecular formula is C25H24N4O4. The average Bonchev–Trinajstić information content (AvgIpc) is 3.24. The average molecular weight is 444 g/mol. The number of piperazine rings is 1. The van der Waals surface area contributed by atoms with Crippen LogP contribution in [0.4, 0.5) is 4.79 Å². The number of hydrogen-bond acceptors (Lipinski definition) is 5. The third kappa shape index (κ3) is 4.30. The second-order valence-electron chi connectivity index (χ2n) is 7.72. The largest absolute Gasteiger partial charge is 0.450 e. The van der Waals surface area contributed by atoms with Crippen molar-refractivity contribution in [2.45, 2.75) is 12.8 Å². The molecule has 0 aliphatic carbocycles. The van der Waals surface area contributed by atoms with Gasteiger partial charge in [0.15, 0.2) is 0 Å². The van der Waals surface area contributed by atoms with E-state index in [1.165, 1.54) is 9.80 Å². The summed E-state index contributed by atoms with van der Waals surface area (Å²) in [5.74, 6) is -1.83. The zero-order chi connectivity index (χ0) is 23.4. The molecule has 0 saturated carbocycles. The van der Waals surface area contributed by atoms with Crippen LogP contribution in [-0.2, 0) is 9.53 Å². The van der Waals surface area contributed by atoms with Gasteiger partial charge in [0.05, 0.1) is 23.8 Å². The maximum absolute atomic E-state index is 13.2. The number of ether oxygens (including phenoxy) is 1. The molecule has 1 aliphatic heterocycles. The Kier molecular flexibility index (Phi) is 6.41. The van der Waals surface area contributed by atoms with Crippen LogP contribution in [0.15, 0.2) is 60.8 Å². The number of carbonyl (C=O) groups excluding carboxylic acids is 3. The molecule has 3 heterocycles. The first-order valence-corrected chi connectivity index (χ1v) is 10.8. The number of aromatic nitrogens is 1. The van der Waals surface area contributed by atoms with Gasteiger partial charge in [-0.05, 0) is 30.7 Å². The smallest absolute Gasteiger partial charge is 0.409 e. The van der Waals surface area contributed by atoms with E-state index in [0.29, 0.717) is 24.3 Å². The lowest BCUT2D eigenvalue weighted by Crippen LogP contribution is -2.52. The molecule has 8 heteroatoms. The first kappa shape index (κ1) is 22.1. The summed E-state index contributed by atoms with van der Waals surface area (Å²) < 4.78 is 6.79. The number of rotatable bonds is 5. The van der Waals surface area contributed by atoms with Gasteiger partial charge in [-0.2, -0.15) is 5.26 Å². The zero-order valence-electron chi connectivity index (χ0n) is 18.3. The minimum Gasteiger partial charge on any atom is -0.450 e. The Bertz CT molecular complexity index is 1220. The lowest BCUT2D eigenvalue weighted by Gasteiger charge is -2.33. The minimum atomic E-state index is -0.626. The molecule has 0 spiro atoms. The standard InChI is InChI=1S/C25H24N4O4/c1-2-33-25(32)28-14-12-27(13-15-28)24(31)23(30)19-16-22(29-11-7-6-10-21(19)29)20(17-26)18-8-4-3-5-9-18/h3-11,16,20H,2,12-15H2,1H3. The van der Waals surface area contributed by atoms with Crippen LogP contribution < -0.4 is 0 Å². The first-order chi connectivity index (χ1) is 16.0. The van der Waals surface area contributed by atoms with E-state index in [0.717, 1.165) is 5.56 Å². The summed E-state index contributed by atoms with van der Waals surface area (Å²) in [5, 5.41) is 9.90. The summed E-state index contributed by atoms with van der Waals surface area (Å²) in [6.45, 7) is 3.16. The van der Waals surface area contributed by atoms with Crippen molar-refractivity contribution in [1.29, 1.82) is 5.26 Å². The molecule has 0 radical (unpaired) electrons. The van der Waals surface area contributed by atoms with E-state index in [4.69, 9.17) is 4.74 Å². The van der Waals surface area contributed by atoms with Crippen molar-refractivity contribution in [2.24, 2.45) is 0 Å². The fourth-order valence-electron chi connectivity index (χ4n) is 4.11. The Morgan fingerprint density at radius 1 is 1.00 bits per heavy atom. The van der Waals surface area contributed by atoms with Gasteiger partial charge in [0.25, 0.3) is 11.7 Å². The van der Waals surface area contributed by atoms with Crippen LogP contribution in [0.2, 0.25) is 0 Å². The minimum absolute atomic E-state index is 0.257. The molecule has 1 aliphatic rings. The van der Waals surface area contributed by atoms with Crippen molar-refractivity contribution < 1.29 is 19.1 Å². The van der Waals surface area contributed by atoms with Gasteiger partial charge in [0.2, 0.25) is 0 Å². The molecule has 0 N–H and O–H groups in total. The zero-order valence-corrected chi connectivity index (χ0v) is 18.3. The van der Waals surface area contributed by atoms with Crippen molar-refractivity contribution in [3.63, 3.8) is 0 Å². The highest BCUT2D eigenvalue weighted by atomic mass is 16.6. The summed E-state index contributed by atoms with van der Waals surface area (Å²) >= 11 is 0. The number of fused-ring (bicyclic) bond motifs is 1. The number of amides is 2. The predicted octanol–water partition coefficient (Wildman–Crippen LogP) is 3.08. The van der Waals surface area contributed by atoms with Crippen molar-refractivity contribution in [2.75, 3.05) is 32.8 Å². The van der Waals surface area contributed by atoms with Crippen LogP contribution in [0.5, 0.6) is 0 Å². The number of benzene rings is 1. The summed E-state index contributed by atoms with van der Waals surface area (Å²) in [5.41, 5.74) is 2.28. The van der Waals surface area contributed by atoms with Gasteiger partial charge >= 0.3 is 6.09 Å². The summed E-state index contributed by atoms with van der Waals surface area (Å²) in [6.07, 6.45) is 1.37. The highest BCUT2D eigenvalue weighted by Crippen LogP contribution is 2.29. The van der Waals surface area contributed by atoms with Crippen LogP contribution >= 0.6 is 0 Å². The highest BCUT2D eigenvalue weighted by molar-refractivity contribution is 6.44. The molecule has 1 aromatic carbocycles. The molecule has 3 aromatic rings. The number of hydrogen-bond donors (Lipinski definition) is 0. The van der Waals surface area contributed by atoms with Gasteiger partial charge in [-0.15, -0.1) is 0 Å². The van der Waals surface area contributed by atoms with E-state index >= 15 is 0 Å². The number of pyridine rings is 1. The van der Waals surface area contributed by atoms with Gasteiger partial charge in [0.1, 0.15) is 5.92 Å². The number of nitrogens with zero attached hydrogens (tertiary/aromatic N) is 4. The van der Waals surface area contributed by atoms with Crippen molar-refractivity contribution >= 4 is 23.3 Å². The van der Waals surface area contributed by atoms with Crippen molar-refractivity contribution in [1.82, 2.24) is 14.2 Å². The van der Waals surface area contributed by atoms with Gasteiger partial charge in [0, 0.05) is 38.1 Å². The predicted molar refractivity (Wildman–Crippen MR) is 121 cm³/mol. The third-order valence-corrected chi connectivity index (χ3v) is 5.80. The normalized spacial score (nSPS) is 14.5. The maximum Gasteiger partial charge on any atom is 0.409 e. The van der Waals surface area contributed by atoms with Gasteiger partial charge in [-0.3, -0.25) is 9.59 Å². The molecule has 33 heavy (non-hydrogen) atoms. The quantitative estimate of drug-likeness (QED) is 0.445. The molecule has 1 fully saturated rings. The summed E-state index contributed by atoms with van der Waals surface area (Å²) in [6, 6.07) is 18.7. The molecule has 0 bridgehead atoms. The highest BCUT2D eigenvalue weighted by Gasteiger charge is 2.31. The Morgan fingerprint density at radius 3 is 2.33 bits per heavy atom. The van der Waals surface area contributed by atoms with Crippen LogP contribution in [0.25, 0.3) is 5.52 Å². The fraction of sp³-hybridized carbons (Fsp3) is 0.280. The topological polar surface area (TPSA) is 95.1 Å². The maximum atomic E-state index is 13.2. The third-order valence-electron chi connectivity index (χ3n) is 5.80. The van der Waals surface area contributed by atoms with E-state index in [9.17, 15) is 19.6 Å². The molecule has 168 valence electrons. The van der Waals surface area contributed by atoms with Crippen LogP contribution in [0.3, 0.4) is 0 Å². The summed E-state index contributed by atoms with van der Waals surface area (Å²) in [4.78, 5) is 41.2. The van der Waals surface area contributed by atoms with E-state index in [1.807, 2.05) is 36.4 Å². The number of nitriles is 1. The van der Waals surface area contributed by atoms with Crippen molar-refractivity contribution in [3.05, 3.63) is 77.6 Å². The van der Waals surface area contributed by atoms with E-state index < -0.39 is 23.7 Å². The molecule has 1 atom stereocenters. The van der Waals surface area contributed by atoms with Crippen molar-refractivity contribution in [3.8, 4) is 6.07 Å². The van der Waals surface area contributed by atoms with Crippen LogP contribution in [0, 0.1) is 11.3 Å². The monoisotopic (exact) mass is 444 g/mol. The Hall–Kier alpha value is -4.12. The van der Waals surface area contributed by atoms with E-state index in [-0.39, 0.29) is 25.3 Å². The SMILES string of the molecule is CCOC(=O)N1CCN(C(=O)C(=O)c2cc(C(C#N)c3ccccc3)n3ccccc23)CC1. The lowest BCUT2D eigenvalue weighted by molar-refractivity contribution is -0.128. The Morgan fingerprint density at radius 2 is 1.67 bits per heavy atom. The molecule has 1 unspecified atom stereocenters. The molecule has 2 amide bonds. The fourth-order valence-corrected chi connectivity index (χ4v) is 4.11. The summed E-state index contributed by atoms with van der Waals surface area (Å²) in [7, 11) is 0. The number of ketones is 1. The van der Waals surface area contributed by atoms with Gasteiger partial charge in [-0.1, -0.05) is 36.4 Å². The lowest BCUT2D eigenvalue weighted by atomic mass is 9.96. The Labute approximate surface area is 191 Å². The van der Waals surface area contributed by atoms with Crippen LogP contribution in [0.1, 0.15) is 34.5 Å². The van der Waals surface area contributed by atoms with Crippen LogP contribution in [-0.4, -0.2) is 64.8 Å². The van der Waals surface area contributed by atoms with E-state index in [2.05, 4.69) is 6.07 Å². The Balaban J connectivity index is 1.60. The molecule has 1 saturated heterocycles. The second kappa shape index (κ2) is 9.57. The van der Waals surface area contributed by atoms with Gasteiger partial charge in [-0.25, -0.2) is 4.79 Å². The second-order valence-corrected chi connectivity index (χ2v) is 7.72. The molecular weight excluding hydrogens is 420 g/mol. The molecule has 8 nitrogen and oxygen atoms in total. The number of carbonyl (C=O) groups is 3. The molecule has 2 aromatic heterocycles. The number of Topliss-reactive ketones (excluding diaryl/α,β-unsaturated/α-hetero) is 1. The first-order valence-electron chi connectivity index (χ1n) is 10.8.